The van der Waals surface area contributed by atoms with Crippen LogP contribution < -0.4 is 47.4 Å². The second-order valence-electron chi connectivity index (χ2n) is 29.2. The zero-order chi connectivity index (χ0) is 90.2. The molecule has 126 heavy (non-hydrogen) atoms. The number of carbonyl (C=O) groups is 6. The van der Waals surface area contributed by atoms with E-state index in [1.165, 1.54) is 138 Å². The third kappa shape index (κ3) is 19.6. The molecule has 6 atom stereocenters. The van der Waals surface area contributed by atoms with E-state index in [-0.39, 0.29) is 201 Å². The second kappa shape index (κ2) is 37.2. The number of esters is 6. The zero-order valence-corrected chi connectivity index (χ0v) is 67.0. The summed E-state index contributed by atoms with van der Waals surface area (Å²) in [6, 6.07) is 51.4. The predicted molar refractivity (Wildman–Crippen MR) is 443 cm³/mol. The van der Waals surface area contributed by atoms with Gasteiger partial charge in [0, 0.05) is 142 Å². The van der Waals surface area contributed by atoms with Crippen LogP contribution >= 0.6 is 0 Å². The first-order valence-electron chi connectivity index (χ1n) is 38.4. The summed E-state index contributed by atoms with van der Waals surface area (Å²) in [7, 11) is 5.85. The van der Waals surface area contributed by atoms with Crippen LogP contribution in [0.3, 0.4) is 0 Å². The van der Waals surface area contributed by atoms with E-state index in [2.05, 4.69) is 0 Å². The quantitative estimate of drug-likeness (QED) is 0.0447. The molecule has 18 rings (SSSR count). The standard InChI is InChI=1S/2C16H14O6.2C16H14O5.2C15H12O5/c2*1-21-13-4-8(2-3-11(13)18)10-7-15(20)22-14-6-9(17)5-12(19)16(10)14;2*1-20-13-6-11(18)7-14-16(13)12(8-15(19)21-14)9-2-4-10(17)5-3-9;2*16-9-3-1-8(2-4-9)11-7-14(19)20-13-6-10(17)5-12(18)15(11)13/h2*2-6,10,17-19H,7H2,1H3;2*2-7,12,17-18H,8H2,1H3;2*1-6,11,16-18H,7H2/t2*10-;2*12-;2*11-/m101010/s1. The molecule has 12 aromatic carbocycles. The van der Waals surface area contributed by atoms with E-state index in [0.717, 1.165) is 33.4 Å². The SMILES string of the molecule is COc1cc(O)cc2c1[C@@H](c1ccc(O)cc1)CC(=O)O2.COc1cc(O)cc2c1[C@H](c1ccc(O)cc1)CC(=O)O2.COc1cc([C@@H]2CC(=O)Oc3cc(O)cc(O)c32)ccc1O.COc1cc([C@H]2CC(=O)Oc3cc(O)cc(O)c32)ccc1O.O=C1C[C@@H](c2ccc(O)cc2)c2c(O)cc(O)cc2O1.O=C1C[C@H](c2ccc(O)cc2)c2c(O)cc(O)cc2O1. The normalized spacial score (nSPS) is 17.0. The summed E-state index contributed by atoms with van der Waals surface area (Å²) in [5, 5.41) is 154. The van der Waals surface area contributed by atoms with E-state index in [1.807, 2.05) is 0 Å². The van der Waals surface area contributed by atoms with Gasteiger partial charge in [-0.3, -0.25) is 28.8 Å². The molecule has 16 N–H and O–H groups in total. The molecule has 6 heterocycles. The van der Waals surface area contributed by atoms with Crippen molar-refractivity contribution in [3.05, 3.63) is 273 Å². The number of methoxy groups -OCH3 is 4. The van der Waals surface area contributed by atoms with E-state index in [4.69, 9.17) is 47.4 Å². The van der Waals surface area contributed by atoms with Crippen molar-refractivity contribution in [1.82, 2.24) is 0 Å². The van der Waals surface area contributed by atoms with Crippen molar-refractivity contribution in [2.24, 2.45) is 0 Å². The Morgan fingerprint density at radius 3 is 0.595 bits per heavy atom. The van der Waals surface area contributed by atoms with Crippen molar-refractivity contribution in [1.29, 1.82) is 0 Å². The van der Waals surface area contributed by atoms with Crippen LogP contribution in [0.15, 0.2) is 206 Å². The number of ether oxygens (including phenoxy) is 10. The van der Waals surface area contributed by atoms with E-state index < -0.39 is 35.7 Å². The average Bonchev–Trinajstić information content (AvgIpc) is 0.764. The molecule has 0 unspecified atom stereocenters. The van der Waals surface area contributed by atoms with Crippen LogP contribution in [-0.2, 0) is 28.8 Å². The number of phenols is 16. The van der Waals surface area contributed by atoms with Gasteiger partial charge in [0.25, 0.3) is 0 Å². The number of benzene rings is 12. The Hall–Kier alpha value is -16.5. The summed E-state index contributed by atoms with van der Waals surface area (Å²) < 4.78 is 51.4. The molecule has 0 aromatic heterocycles. The Bertz CT molecular complexity index is 5790. The van der Waals surface area contributed by atoms with Gasteiger partial charge in [0.05, 0.1) is 67.0 Å². The van der Waals surface area contributed by atoms with Crippen LogP contribution in [-0.4, -0.2) is 146 Å². The molecule has 0 saturated heterocycles. The van der Waals surface area contributed by atoms with Crippen molar-refractivity contribution in [3.63, 3.8) is 0 Å². The summed E-state index contributed by atoms with van der Waals surface area (Å²) >= 11 is 0. The van der Waals surface area contributed by atoms with Crippen LogP contribution in [0.4, 0.5) is 0 Å². The molecule has 0 aliphatic carbocycles. The molecule has 0 saturated carbocycles. The molecule has 0 spiro atoms. The lowest BCUT2D eigenvalue weighted by molar-refractivity contribution is -0.136. The highest BCUT2D eigenvalue weighted by atomic mass is 16.6. The van der Waals surface area contributed by atoms with E-state index in [9.17, 15) is 110 Å². The molecule has 6 aliphatic heterocycles. The maximum Gasteiger partial charge on any atom is 0.312 e. The summed E-state index contributed by atoms with van der Waals surface area (Å²) in [6.07, 6.45) is 0.628. The first-order chi connectivity index (χ1) is 60.2. The van der Waals surface area contributed by atoms with Crippen LogP contribution in [0.1, 0.15) is 141 Å². The molecule has 0 radical (unpaired) electrons. The van der Waals surface area contributed by atoms with Gasteiger partial charge in [0.2, 0.25) is 0 Å². The molecule has 0 fully saturated rings. The van der Waals surface area contributed by atoms with E-state index in [0.29, 0.717) is 56.4 Å². The predicted octanol–water partition coefficient (Wildman–Crippen LogP) is 14.1. The number of hydrogen-bond donors (Lipinski definition) is 16. The Morgan fingerprint density at radius 2 is 0.381 bits per heavy atom. The fourth-order valence-corrected chi connectivity index (χ4v) is 15.5. The van der Waals surface area contributed by atoms with Gasteiger partial charge in [-0.05, 0) is 106 Å². The van der Waals surface area contributed by atoms with E-state index >= 15 is 0 Å². The van der Waals surface area contributed by atoms with Crippen molar-refractivity contribution in [2.45, 2.75) is 74.0 Å². The van der Waals surface area contributed by atoms with Crippen molar-refractivity contribution in [3.8, 4) is 149 Å². The zero-order valence-electron chi connectivity index (χ0n) is 67.0. The Balaban J connectivity index is 0.000000130. The largest absolute Gasteiger partial charge is 0.508 e. The number of carbonyl (C=O) groups excluding carboxylic acids is 6. The average molecular weight is 1720 g/mol. The minimum absolute atomic E-state index is 0.0141. The van der Waals surface area contributed by atoms with Crippen LogP contribution in [0.25, 0.3) is 0 Å². The fraction of sp³-hybridized carbons (Fsp3) is 0.170. The second-order valence-corrected chi connectivity index (χ2v) is 29.2. The molecule has 32 nitrogen and oxygen atoms in total. The monoisotopic (exact) mass is 1720 g/mol. The molecule has 648 valence electrons. The number of phenolic OH excluding ortho intramolecular Hbond substituents is 16. The van der Waals surface area contributed by atoms with E-state index in [1.54, 1.807) is 97.1 Å². The topological polar surface area (TPSA) is 518 Å². The summed E-state index contributed by atoms with van der Waals surface area (Å²) in [6.45, 7) is 0. The Kier molecular flexibility index (Phi) is 25.8. The fourth-order valence-electron chi connectivity index (χ4n) is 15.5. The Morgan fingerprint density at radius 1 is 0.198 bits per heavy atom. The molecular formula is C94H80O32. The summed E-state index contributed by atoms with van der Waals surface area (Å²) in [5.41, 5.74) is 7.90. The highest BCUT2D eigenvalue weighted by molar-refractivity contribution is 5.84. The highest BCUT2D eigenvalue weighted by Crippen LogP contribution is 2.54. The maximum absolute atomic E-state index is 11.8. The third-order valence-corrected chi connectivity index (χ3v) is 21.1. The lowest BCUT2D eigenvalue weighted by Gasteiger charge is -2.26. The molecular weight excluding hydrogens is 1640 g/mol. The lowest BCUT2D eigenvalue weighted by atomic mass is 9.85. The van der Waals surface area contributed by atoms with Gasteiger partial charge in [-0.15, -0.1) is 0 Å². The van der Waals surface area contributed by atoms with Gasteiger partial charge in [-0.2, -0.15) is 0 Å². The smallest absolute Gasteiger partial charge is 0.312 e. The summed E-state index contributed by atoms with van der Waals surface area (Å²) in [4.78, 5) is 70.5. The van der Waals surface area contributed by atoms with Crippen LogP contribution in [0.5, 0.6) is 149 Å². The van der Waals surface area contributed by atoms with Gasteiger partial charge in [-0.1, -0.05) is 60.7 Å². The van der Waals surface area contributed by atoms with Crippen molar-refractivity contribution in [2.75, 3.05) is 28.4 Å². The molecule has 12 aromatic rings. The van der Waals surface area contributed by atoms with Gasteiger partial charge in [-0.25, -0.2) is 0 Å². The number of aromatic hydroxyl groups is 16. The summed E-state index contributed by atoms with van der Waals surface area (Å²) in [5.74, 6) is -2.70. The first-order valence-corrected chi connectivity index (χ1v) is 38.4. The van der Waals surface area contributed by atoms with Crippen molar-refractivity contribution >= 4 is 35.8 Å². The molecule has 0 amide bonds. The number of rotatable bonds is 10. The van der Waals surface area contributed by atoms with Crippen molar-refractivity contribution < 1.29 is 158 Å². The highest BCUT2D eigenvalue weighted by Gasteiger charge is 2.39. The third-order valence-electron chi connectivity index (χ3n) is 21.1. The molecule has 6 aliphatic rings. The van der Waals surface area contributed by atoms with Crippen LogP contribution in [0, 0.1) is 0 Å². The molecule has 0 bridgehead atoms. The molecule has 32 heteroatoms. The van der Waals surface area contributed by atoms with Gasteiger partial charge in [0.1, 0.15) is 126 Å². The van der Waals surface area contributed by atoms with Crippen LogP contribution in [0.2, 0.25) is 0 Å². The number of hydrogen-bond acceptors (Lipinski definition) is 32. The van der Waals surface area contributed by atoms with Gasteiger partial charge >= 0.3 is 35.8 Å². The number of fused-ring (bicyclic) bond motifs is 6. The minimum Gasteiger partial charge on any atom is -0.508 e. The Labute approximate surface area is 715 Å². The van der Waals surface area contributed by atoms with Gasteiger partial charge in [0.15, 0.2) is 23.0 Å². The van der Waals surface area contributed by atoms with Gasteiger partial charge < -0.3 is 129 Å². The minimum atomic E-state index is -0.463. The maximum atomic E-state index is 11.8. The first kappa shape index (κ1) is 87.3. The lowest BCUT2D eigenvalue weighted by Crippen LogP contribution is -2.21.